The largest absolute Gasteiger partial charge is 0.398 e. The number of hydrogen-bond acceptors (Lipinski definition) is 4. The van der Waals surface area contributed by atoms with Gasteiger partial charge in [-0.05, 0) is 13.0 Å². The molecule has 0 saturated heterocycles. The first-order chi connectivity index (χ1) is 7.06. The summed E-state index contributed by atoms with van der Waals surface area (Å²) in [5, 5.41) is 1.60. The molecule has 0 saturated carbocycles. The molecule has 0 aliphatic heterocycles. The summed E-state index contributed by atoms with van der Waals surface area (Å²) in [7, 11) is -3.40. The van der Waals surface area contributed by atoms with Crippen LogP contribution in [0.1, 0.15) is 13.3 Å². The molecule has 3 N–H and O–H groups in total. The molecular weight excluding hydrogens is 232 g/mol. The average Bonchev–Trinajstić information content (AvgIpc) is 2.60. The molecule has 0 aromatic carbocycles. The van der Waals surface area contributed by atoms with Gasteiger partial charge in [-0.3, -0.25) is 0 Å². The van der Waals surface area contributed by atoms with Crippen LogP contribution >= 0.6 is 11.3 Å². The number of rotatable bonds is 4. The third kappa shape index (κ3) is 3.55. The van der Waals surface area contributed by atoms with Gasteiger partial charge in [-0.2, -0.15) is 0 Å². The van der Waals surface area contributed by atoms with Gasteiger partial charge >= 0.3 is 0 Å². The Labute approximate surface area is 93.5 Å². The minimum Gasteiger partial charge on any atom is -0.398 e. The van der Waals surface area contributed by atoms with Crippen molar-refractivity contribution in [2.45, 2.75) is 17.6 Å². The third-order valence-electron chi connectivity index (χ3n) is 1.58. The van der Waals surface area contributed by atoms with Gasteiger partial charge < -0.3 is 5.73 Å². The van der Waals surface area contributed by atoms with Crippen LogP contribution < -0.4 is 10.5 Å². The molecule has 1 aromatic heterocycles. The molecule has 1 aromatic rings. The summed E-state index contributed by atoms with van der Waals surface area (Å²) in [6.45, 7) is 2.04. The summed E-state index contributed by atoms with van der Waals surface area (Å²) in [6, 6.07) is 1.44. The Hall–Kier alpha value is -1.03. The summed E-state index contributed by atoms with van der Waals surface area (Å²) in [5.74, 6) is 5.47. The standard InChI is InChI=1S/C9H12N2O2S2/c1-2-3-4-5-11-15(12,13)9-6-8(10)7-14-9/h6-7,11H,4-5,10H2,1H3. The normalized spacial score (nSPS) is 10.7. The summed E-state index contributed by atoms with van der Waals surface area (Å²) >= 11 is 1.11. The zero-order valence-electron chi connectivity index (χ0n) is 8.28. The molecule has 0 aliphatic rings. The second kappa shape index (κ2) is 5.16. The Morgan fingerprint density at radius 3 is 2.87 bits per heavy atom. The van der Waals surface area contributed by atoms with Crippen LogP contribution in [0.15, 0.2) is 15.7 Å². The fraction of sp³-hybridized carbons (Fsp3) is 0.333. The van der Waals surface area contributed by atoms with Gasteiger partial charge in [0.25, 0.3) is 0 Å². The first kappa shape index (κ1) is 12.0. The predicted molar refractivity (Wildman–Crippen MR) is 62.0 cm³/mol. The van der Waals surface area contributed by atoms with Crippen LogP contribution in [0.3, 0.4) is 0 Å². The lowest BCUT2D eigenvalue weighted by Crippen LogP contribution is -2.23. The van der Waals surface area contributed by atoms with Crippen molar-refractivity contribution in [3.05, 3.63) is 11.4 Å². The van der Waals surface area contributed by atoms with Gasteiger partial charge in [-0.25, -0.2) is 13.1 Å². The van der Waals surface area contributed by atoms with Crippen LogP contribution in [0, 0.1) is 11.8 Å². The van der Waals surface area contributed by atoms with Gasteiger partial charge in [0.15, 0.2) is 0 Å². The minimum atomic E-state index is -3.40. The maximum atomic E-state index is 11.6. The molecule has 0 bridgehead atoms. The molecule has 0 aliphatic carbocycles. The van der Waals surface area contributed by atoms with E-state index in [9.17, 15) is 8.42 Å². The maximum Gasteiger partial charge on any atom is 0.250 e. The van der Waals surface area contributed by atoms with E-state index in [1.165, 1.54) is 6.07 Å². The molecule has 1 rings (SSSR count). The zero-order valence-corrected chi connectivity index (χ0v) is 9.91. The lowest BCUT2D eigenvalue weighted by atomic mass is 10.4. The average molecular weight is 244 g/mol. The molecular formula is C9H12N2O2S2. The topological polar surface area (TPSA) is 72.2 Å². The van der Waals surface area contributed by atoms with Crippen molar-refractivity contribution in [2.75, 3.05) is 12.3 Å². The van der Waals surface area contributed by atoms with Gasteiger partial charge in [0.1, 0.15) is 4.21 Å². The molecule has 0 radical (unpaired) electrons. The fourth-order valence-corrected chi connectivity index (χ4v) is 3.07. The van der Waals surface area contributed by atoms with Gasteiger partial charge in [-0.1, -0.05) is 0 Å². The van der Waals surface area contributed by atoms with Crippen LogP contribution in [0.25, 0.3) is 0 Å². The molecule has 4 nitrogen and oxygen atoms in total. The van der Waals surface area contributed by atoms with E-state index < -0.39 is 10.0 Å². The van der Waals surface area contributed by atoms with Gasteiger partial charge in [-0.15, -0.1) is 23.2 Å². The smallest absolute Gasteiger partial charge is 0.250 e. The van der Waals surface area contributed by atoms with Crippen LogP contribution in [0.5, 0.6) is 0 Å². The van der Waals surface area contributed by atoms with Gasteiger partial charge in [0.2, 0.25) is 10.0 Å². The highest BCUT2D eigenvalue weighted by Gasteiger charge is 2.14. The molecule has 0 unspecified atom stereocenters. The van der Waals surface area contributed by atoms with Crippen molar-refractivity contribution >= 4 is 27.0 Å². The van der Waals surface area contributed by atoms with Crippen LogP contribution in [-0.2, 0) is 10.0 Å². The predicted octanol–water partition coefficient (Wildman–Crippen LogP) is 1.02. The number of thiophene rings is 1. The number of sulfonamides is 1. The number of hydrogen-bond donors (Lipinski definition) is 2. The fourth-order valence-electron chi connectivity index (χ4n) is 0.915. The first-order valence-corrected chi connectivity index (χ1v) is 6.66. The highest BCUT2D eigenvalue weighted by Crippen LogP contribution is 2.20. The van der Waals surface area contributed by atoms with E-state index in [1.54, 1.807) is 12.3 Å². The van der Waals surface area contributed by atoms with Gasteiger partial charge in [0.05, 0.1) is 0 Å². The Balaban J connectivity index is 2.63. The molecule has 0 fully saturated rings. The van der Waals surface area contributed by atoms with E-state index in [0.717, 1.165) is 11.3 Å². The minimum absolute atomic E-state index is 0.240. The molecule has 15 heavy (non-hydrogen) atoms. The van der Waals surface area contributed by atoms with Crippen molar-refractivity contribution in [3.63, 3.8) is 0 Å². The van der Waals surface area contributed by atoms with Crippen LogP contribution in [0.2, 0.25) is 0 Å². The lowest BCUT2D eigenvalue weighted by Gasteiger charge is -2.01. The molecule has 82 valence electrons. The molecule has 6 heteroatoms. The highest BCUT2D eigenvalue weighted by molar-refractivity contribution is 7.91. The number of nitrogens with two attached hydrogens (primary N) is 1. The van der Waals surface area contributed by atoms with E-state index in [1.807, 2.05) is 0 Å². The molecule has 0 atom stereocenters. The summed E-state index contributed by atoms with van der Waals surface area (Å²) in [6.07, 6.45) is 0.511. The highest BCUT2D eigenvalue weighted by atomic mass is 32.2. The first-order valence-electron chi connectivity index (χ1n) is 4.29. The quantitative estimate of drug-likeness (QED) is 0.613. The third-order valence-corrected chi connectivity index (χ3v) is 4.50. The van der Waals surface area contributed by atoms with E-state index >= 15 is 0 Å². The zero-order chi connectivity index (χ0) is 11.3. The number of nitrogens with one attached hydrogen (secondary N) is 1. The molecule has 0 spiro atoms. The Bertz CT molecular complexity index is 480. The monoisotopic (exact) mass is 244 g/mol. The van der Waals surface area contributed by atoms with Crippen molar-refractivity contribution < 1.29 is 8.42 Å². The van der Waals surface area contributed by atoms with Crippen molar-refractivity contribution in [3.8, 4) is 11.8 Å². The van der Waals surface area contributed by atoms with E-state index in [-0.39, 0.29) is 4.21 Å². The summed E-state index contributed by atoms with van der Waals surface area (Å²) in [5.41, 5.74) is 5.91. The Kier molecular flexibility index (Phi) is 4.15. The second-order valence-electron chi connectivity index (χ2n) is 2.77. The Morgan fingerprint density at radius 2 is 2.33 bits per heavy atom. The van der Waals surface area contributed by atoms with Crippen LogP contribution in [0.4, 0.5) is 5.69 Å². The maximum absolute atomic E-state index is 11.6. The number of anilines is 1. The molecule has 0 amide bonds. The van der Waals surface area contributed by atoms with E-state index in [4.69, 9.17) is 5.73 Å². The van der Waals surface area contributed by atoms with E-state index in [0.29, 0.717) is 18.7 Å². The number of nitrogen functional groups attached to an aromatic ring is 1. The summed E-state index contributed by atoms with van der Waals surface area (Å²) < 4.78 is 25.9. The van der Waals surface area contributed by atoms with Crippen molar-refractivity contribution in [1.29, 1.82) is 0 Å². The van der Waals surface area contributed by atoms with Gasteiger partial charge in [0, 0.05) is 24.0 Å². The van der Waals surface area contributed by atoms with Crippen molar-refractivity contribution in [1.82, 2.24) is 4.72 Å². The van der Waals surface area contributed by atoms with E-state index in [2.05, 4.69) is 16.6 Å². The SMILES string of the molecule is CC#CCCNS(=O)(=O)c1cc(N)cs1. The molecule has 1 heterocycles. The summed E-state index contributed by atoms with van der Waals surface area (Å²) in [4.78, 5) is 0. The lowest BCUT2D eigenvalue weighted by molar-refractivity contribution is 0.584. The second-order valence-corrected chi connectivity index (χ2v) is 5.68. The Morgan fingerprint density at radius 1 is 1.60 bits per heavy atom. The van der Waals surface area contributed by atoms with Crippen LogP contribution in [-0.4, -0.2) is 15.0 Å². The van der Waals surface area contributed by atoms with Crippen molar-refractivity contribution in [2.24, 2.45) is 0 Å².